The fourth-order valence-electron chi connectivity index (χ4n) is 1.89. The van der Waals surface area contributed by atoms with Gasteiger partial charge in [0.15, 0.2) is 0 Å². The Hall–Kier alpha value is -3.09. The lowest BCUT2D eigenvalue weighted by molar-refractivity contribution is 0.0696. The Kier molecular flexibility index (Phi) is 3.38. The Morgan fingerprint density at radius 1 is 1.29 bits per heavy atom. The van der Waals surface area contributed by atoms with Gasteiger partial charge in [-0.2, -0.15) is 0 Å². The molecule has 0 atom stereocenters. The normalized spacial score (nSPS) is 10.5. The molecule has 0 amide bonds. The van der Waals surface area contributed by atoms with Gasteiger partial charge >= 0.3 is 5.97 Å². The summed E-state index contributed by atoms with van der Waals surface area (Å²) in [6, 6.07) is 9.19. The monoisotopic (exact) mass is 284 g/mol. The summed E-state index contributed by atoms with van der Waals surface area (Å²) in [4.78, 5) is 10.8. The molecule has 3 aromatic rings. The second-order valence-electron chi connectivity index (χ2n) is 4.38. The zero-order valence-electron chi connectivity index (χ0n) is 10.9. The van der Waals surface area contributed by atoms with Crippen molar-refractivity contribution >= 4 is 11.7 Å². The van der Waals surface area contributed by atoms with Crippen LogP contribution in [0.4, 0.5) is 5.69 Å². The largest absolute Gasteiger partial charge is 0.478 e. The van der Waals surface area contributed by atoms with Crippen LogP contribution in [0, 0.1) is 0 Å². The topological polar surface area (TPSA) is 93.2 Å². The lowest BCUT2D eigenvalue weighted by Crippen LogP contribution is -2.00. The van der Waals surface area contributed by atoms with E-state index in [1.54, 1.807) is 17.2 Å². The van der Waals surface area contributed by atoms with Crippen LogP contribution in [0.25, 0.3) is 5.69 Å². The van der Waals surface area contributed by atoms with Crippen LogP contribution in [0.2, 0.25) is 0 Å². The predicted molar refractivity (Wildman–Crippen MR) is 74.4 cm³/mol. The third kappa shape index (κ3) is 2.92. The molecule has 3 rings (SSSR count). The minimum atomic E-state index is -1.00. The lowest BCUT2D eigenvalue weighted by atomic mass is 10.2. The summed E-state index contributed by atoms with van der Waals surface area (Å²) in [5.41, 5.74) is 1.95. The molecule has 0 saturated heterocycles. The molecule has 2 aromatic heterocycles. The highest BCUT2D eigenvalue weighted by Crippen LogP contribution is 2.16. The van der Waals surface area contributed by atoms with E-state index in [0.717, 1.165) is 11.4 Å². The number of carboxylic acids is 1. The summed E-state index contributed by atoms with van der Waals surface area (Å²) in [7, 11) is 0. The summed E-state index contributed by atoms with van der Waals surface area (Å²) in [5, 5.41) is 19.5. The maximum absolute atomic E-state index is 10.8. The molecule has 21 heavy (non-hydrogen) atoms. The van der Waals surface area contributed by atoms with E-state index in [0.29, 0.717) is 12.3 Å². The summed E-state index contributed by atoms with van der Waals surface area (Å²) in [5.74, 6) is -0.443. The van der Waals surface area contributed by atoms with Gasteiger partial charge < -0.3 is 14.8 Å². The van der Waals surface area contributed by atoms with E-state index in [2.05, 4.69) is 15.5 Å². The minimum absolute atomic E-state index is 0.144. The van der Waals surface area contributed by atoms with Gasteiger partial charge in [-0.15, -0.1) is 10.2 Å². The van der Waals surface area contributed by atoms with Crippen LogP contribution in [-0.2, 0) is 6.54 Å². The van der Waals surface area contributed by atoms with Crippen molar-refractivity contribution in [3.05, 3.63) is 60.6 Å². The highest BCUT2D eigenvalue weighted by Gasteiger charge is 2.08. The van der Waals surface area contributed by atoms with Crippen LogP contribution in [0.5, 0.6) is 0 Å². The smallest absolute Gasteiger partial charge is 0.338 e. The molecule has 0 spiro atoms. The Bertz CT molecular complexity index is 749. The van der Waals surface area contributed by atoms with Crippen LogP contribution in [0.3, 0.4) is 0 Å². The number of hydrogen-bond acceptors (Lipinski definition) is 5. The van der Waals surface area contributed by atoms with Crippen LogP contribution in [-0.4, -0.2) is 25.8 Å². The number of rotatable bonds is 5. The second kappa shape index (κ2) is 5.49. The molecule has 0 radical (unpaired) electrons. The number of nitrogens with one attached hydrogen (secondary N) is 1. The molecule has 0 aliphatic rings. The predicted octanol–water partition coefficient (Wildman–Crippen LogP) is 2.17. The number of furan rings is 1. The lowest BCUT2D eigenvalue weighted by Gasteiger charge is -2.07. The molecule has 0 fully saturated rings. The summed E-state index contributed by atoms with van der Waals surface area (Å²) in [6.07, 6.45) is 4.46. The van der Waals surface area contributed by atoms with Crippen molar-refractivity contribution in [1.82, 2.24) is 14.8 Å². The van der Waals surface area contributed by atoms with E-state index in [9.17, 15) is 4.79 Å². The molecule has 0 aliphatic carbocycles. The van der Waals surface area contributed by atoms with E-state index >= 15 is 0 Å². The van der Waals surface area contributed by atoms with Crippen LogP contribution in [0.1, 0.15) is 16.1 Å². The number of nitrogens with zero attached hydrogens (tertiary/aromatic N) is 3. The highest BCUT2D eigenvalue weighted by atomic mass is 16.4. The number of anilines is 1. The standard InChI is InChI=1S/C14H12N4O3/c19-14(20)10-4-13(21-7-10)6-15-11-2-1-3-12(5-11)18-8-16-17-9-18/h1-5,7-9,15H,6H2,(H,19,20). The quantitative estimate of drug-likeness (QED) is 0.745. The molecular weight excluding hydrogens is 272 g/mol. The molecule has 0 aliphatic heterocycles. The zero-order valence-corrected chi connectivity index (χ0v) is 10.9. The molecule has 7 nitrogen and oxygen atoms in total. The maximum atomic E-state index is 10.8. The second-order valence-corrected chi connectivity index (χ2v) is 4.38. The minimum Gasteiger partial charge on any atom is -0.478 e. The molecule has 2 heterocycles. The fourth-order valence-corrected chi connectivity index (χ4v) is 1.89. The first kappa shape index (κ1) is 12.9. The van der Waals surface area contributed by atoms with E-state index in [1.807, 2.05) is 24.3 Å². The third-order valence-corrected chi connectivity index (χ3v) is 2.93. The molecule has 7 heteroatoms. The van der Waals surface area contributed by atoms with Gasteiger partial charge in [-0.05, 0) is 24.3 Å². The van der Waals surface area contributed by atoms with Crippen molar-refractivity contribution in [2.45, 2.75) is 6.54 Å². The molecule has 2 N–H and O–H groups in total. The SMILES string of the molecule is O=C(O)c1coc(CNc2cccc(-n3cnnc3)c2)c1. The first-order chi connectivity index (χ1) is 10.2. The van der Waals surface area contributed by atoms with Crippen molar-refractivity contribution in [1.29, 1.82) is 0 Å². The Morgan fingerprint density at radius 3 is 2.81 bits per heavy atom. The van der Waals surface area contributed by atoms with Gasteiger partial charge in [0, 0.05) is 5.69 Å². The summed E-state index contributed by atoms with van der Waals surface area (Å²) < 4.78 is 6.97. The van der Waals surface area contributed by atoms with Gasteiger partial charge in [0.05, 0.1) is 17.8 Å². The van der Waals surface area contributed by atoms with Gasteiger partial charge in [0.2, 0.25) is 0 Å². The summed E-state index contributed by atoms with van der Waals surface area (Å²) >= 11 is 0. The van der Waals surface area contributed by atoms with E-state index in [4.69, 9.17) is 9.52 Å². The maximum Gasteiger partial charge on any atom is 0.338 e. The molecule has 0 unspecified atom stereocenters. The first-order valence-corrected chi connectivity index (χ1v) is 6.22. The van der Waals surface area contributed by atoms with Crippen LogP contribution in [0.15, 0.2) is 53.7 Å². The van der Waals surface area contributed by atoms with Crippen molar-refractivity contribution in [2.75, 3.05) is 5.32 Å². The first-order valence-electron chi connectivity index (χ1n) is 6.22. The van der Waals surface area contributed by atoms with E-state index in [-0.39, 0.29) is 5.56 Å². The Morgan fingerprint density at radius 2 is 2.10 bits per heavy atom. The third-order valence-electron chi connectivity index (χ3n) is 2.93. The van der Waals surface area contributed by atoms with Gasteiger partial charge in [0.25, 0.3) is 0 Å². The number of carboxylic acid groups (broad SMARTS) is 1. The van der Waals surface area contributed by atoms with Crippen molar-refractivity contribution < 1.29 is 14.3 Å². The number of aromatic carboxylic acids is 1. The molecule has 106 valence electrons. The van der Waals surface area contributed by atoms with Crippen LogP contribution < -0.4 is 5.32 Å². The van der Waals surface area contributed by atoms with Crippen molar-refractivity contribution in [3.8, 4) is 5.69 Å². The van der Waals surface area contributed by atoms with Gasteiger partial charge in [0.1, 0.15) is 24.7 Å². The van der Waals surface area contributed by atoms with E-state index < -0.39 is 5.97 Å². The van der Waals surface area contributed by atoms with Gasteiger partial charge in [-0.25, -0.2) is 4.79 Å². The number of aromatic nitrogens is 3. The molecule has 1 aromatic carbocycles. The average Bonchev–Trinajstić information content (AvgIpc) is 3.17. The van der Waals surface area contributed by atoms with Crippen molar-refractivity contribution in [2.24, 2.45) is 0 Å². The molecular formula is C14H12N4O3. The Balaban J connectivity index is 1.70. The van der Waals surface area contributed by atoms with Crippen molar-refractivity contribution in [3.63, 3.8) is 0 Å². The summed E-state index contributed by atoms with van der Waals surface area (Å²) in [6.45, 7) is 0.402. The highest BCUT2D eigenvalue weighted by molar-refractivity contribution is 5.87. The number of benzene rings is 1. The Labute approximate surface area is 119 Å². The van der Waals surface area contributed by atoms with Crippen LogP contribution >= 0.6 is 0 Å². The van der Waals surface area contributed by atoms with Gasteiger partial charge in [-0.1, -0.05) is 6.07 Å². The molecule has 0 saturated carbocycles. The molecule has 0 bridgehead atoms. The number of carbonyl (C=O) groups is 1. The zero-order chi connectivity index (χ0) is 14.7. The fraction of sp³-hybridized carbons (Fsp3) is 0.0714. The number of hydrogen-bond donors (Lipinski definition) is 2. The average molecular weight is 284 g/mol. The van der Waals surface area contributed by atoms with Gasteiger partial charge in [-0.3, -0.25) is 4.57 Å². The van der Waals surface area contributed by atoms with E-state index in [1.165, 1.54) is 12.3 Å².